The van der Waals surface area contributed by atoms with E-state index in [4.69, 9.17) is 9.84 Å². The van der Waals surface area contributed by atoms with Crippen LogP contribution in [0.4, 0.5) is 10.5 Å². The number of carbonyl (C=O) groups excluding carboxylic acids is 1. The summed E-state index contributed by atoms with van der Waals surface area (Å²) in [6.45, 7) is 2.46. The average Bonchev–Trinajstić information content (AvgIpc) is 2.34. The summed E-state index contributed by atoms with van der Waals surface area (Å²) in [5.74, 6) is 0.701. The first-order valence-corrected chi connectivity index (χ1v) is 5.53. The Morgan fingerprint density at radius 3 is 2.94 bits per heavy atom. The zero-order valence-electron chi connectivity index (χ0n) is 9.81. The van der Waals surface area contributed by atoms with Crippen LogP contribution in [0.5, 0.6) is 5.75 Å². The Kier molecular flexibility index (Phi) is 5.88. The molecule has 5 heteroatoms. The molecule has 0 aliphatic rings. The molecule has 0 saturated heterocycles. The molecule has 1 aromatic carbocycles. The van der Waals surface area contributed by atoms with Gasteiger partial charge < -0.3 is 14.6 Å². The van der Waals surface area contributed by atoms with E-state index in [0.29, 0.717) is 18.0 Å². The van der Waals surface area contributed by atoms with E-state index >= 15 is 0 Å². The number of aliphatic hydroxyl groups excluding tert-OH is 1. The minimum Gasteiger partial charge on any atom is -0.494 e. The molecule has 0 unspecified atom stereocenters. The lowest BCUT2D eigenvalue weighted by atomic mass is 10.3. The fourth-order valence-corrected chi connectivity index (χ4v) is 1.18. The van der Waals surface area contributed by atoms with E-state index in [9.17, 15) is 4.79 Å². The summed E-state index contributed by atoms with van der Waals surface area (Å²) in [7, 11) is 0. The van der Waals surface area contributed by atoms with Crippen molar-refractivity contribution < 1.29 is 19.4 Å². The number of hydrogen-bond acceptors (Lipinski definition) is 4. The third kappa shape index (κ3) is 5.21. The molecule has 1 amide bonds. The molecule has 0 aliphatic carbocycles. The van der Waals surface area contributed by atoms with Crippen LogP contribution < -0.4 is 10.1 Å². The van der Waals surface area contributed by atoms with E-state index in [1.54, 1.807) is 18.2 Å². The minimum absolute atomic E-state index is 0.0160. The van der Waals surface area contributed by atoms with Gasteiger partial charge in [0.05, 0.1) is 13.2 Å². The Hall–Kier alpha value is -1.75. The zero-order chi connectivity index (χ0) is 12.5. The highest BCUT2D eigenvalue weighted by molar-refractivity contribution is 5.84. The van der Waals surface area contributed by atoms with Crippen LogP contribution in [0.3, 0.4) is 0 Å². The molecule has 0 aliphatic heterocycles. The van der Waals surface area contributed by atoms with E-state index in [2.05, 4.69) is 10.1 Å². The molecular formula is C12H17NO4. The molecule has 1 aromatic rings. The van der Waals surface area contributed by atoms with Crippen molar-refractivity contribution >= 4 is 11.8 Å². The summed E-state index contributed by atoms with van der Waals surface area (Å²) < 4.78 is 10.1. The lowest BCUT2D eigenvalue weighted by Crippen LogP contribution is -2.15. The Morgan fingerprint density at radius 1 is 1.41 bits per heavy atom. The molecule has 0 aromatic heterocycles. The van der Waals surface area contributed by atoms with Crippen LogP contribution in [0.25, 0.3) is 0 Å². The summed E-state index contributed by atoms with van der Waals surface area (Å²) in [4.78, 5) is 11.2. The van der Waals surface area contributed by atoms with Gasteiger partial charge in [-0.25, -0.2) is 4.79 Å². The fourth-order valence-electron chi connectivity index (χ4n) is 1.18. The van der Waals surface area contributed by atoms with Crippen LogP contribution in [-0.2, 0) is 4.74 Å². The lowest BCUT2D eigenvalue weighted by molar-refractivity contribution is 0.131. The van der Waals surface area contributed by atoms with Gasteiger partial charge in [-0.05, 0) is 18.6 Å². The van der Waals surface area contributed by atoms with Crippen molar-refractivity contribution in [2.45, 2.75) is 13.3 Å². The first-order chi connectivity index (χ1) is 8.26. The van der Waals surface area contributed by atoms with Crippen molar-refractivity contribution in [1.82, 2.24) is 0 Å². The highest BCUT2D eigenvalue weighted by Gasteiger charge is 2.03. The molecule has 1 rings (SSSR count). The van der Waals surface area contributed by atoms with Gasteiger partial charge in [0.25, 0.3) is 0 Å². The summed E-state index contributed by atoms with van der Waals surface area (Å²) in [5.41, 5.74) is 0.599. The van der Waals surface area contributed by atoms with Gasteiger partial charge >= 0.3 is 6.09 Å². The summed E-state index contributed by atoms with van der Waals surface area (Å²) in [6, 6.07) is 7.06. The predicted molar refractivity (Wildman–Crippen MR) is 64.3 cm³/mol. The van der Waals surface area contributed by atoms with Crippen LogP contribution >= 0.6 is 0 Å². The predicted octanol–water partition coefficient (Wildman–Crippen LogP) is 2.02. The molecule has 17 heavy (non-hydrogen) atoms. The normalized spacial score (nSPS) is 9.76. The number of hydrogen-bond donors (Lipinski definition) is 2. The minimum atomic E-state index is -0.591. The van der Waals surface area contributed by atoms with Gasteiger partial charge in [0.1, 0.15) is 12.4 Å². The smallest absolute Gasteiger partial charge is 0.411 e. The van der Waals surface area contributed by atoms with E-state index < -0.39 is 6.09 Å². The molecular weight excluding hydrogens is 222 g/mol. The third-order valence-corrected chi connectivity index (χ3v) is 1.88. The van der Waals surface area contributed by atoms with Gasteiger partial charge in [-0.2, -0.15) is 0 Å². The SMILES string of the molecule is CCCOc1cccc(NC(=O)OCCO)c1. The molecule has 0 heterocycles. The van der Waals surface area contributed by atoms with Crippen LogP contribution in [0, 0.1) is 0 Å². The summed E-state index contributed by atoms with van der Waals surface area (Å²) in [5, 5.41) is 11.0. The Balaban J connectivity index is 2.50. The topological polar surface area (TPSA) is 67.8 Å². The quantitative estimate of drug-likeness (QED) is 0.796. The lowest BCUT2D eigenvalue weighted by Gasteiger charge is -2.08. The maximum atomic E-state index is 11.2. The first-order valence-electron chi connectivity index (χ1n) is 5.53. The highest BCUT2D eigenvalue weighted by Crippen LogP contribution is 2.17. The van der Waals surface area contributed by atoms with Gasteiger partial charge in [0.2, 0.25) is 0 Å². The number of benzene rings is 1. The summed E-state index contributed by atoms with van der Waals surface area (Å²) in [6.07, 6.45) is 0.336. The van der Waals surface area contributed by atoms with Gasteiger partial charge in [-0.15, -0.1) is 0 Å². The van der Waals surface area contributed by atoms with Crippen molar-refractivity contribution in [3.63, 3.8) is 0 Å². The number of nitrogens with one attached hydrogen (secondary N) is 1. The van der Waals surface area contributed by atoms with Gasteiger partial charge in [-0.1, -0.05) is 13.0 Å². The maximum Gasteiger partial charge on any atom is 0.411 e. The van der Waals surface area contributed by atoms with Gasteiger partial charge in [0, 0.05) is 11.8 Å². The monoisotopic (exact) mass is 239 g/mol. The van der Waals surface area contributed by atoms with Gasteiger partial charge in [-0.3, -0.25) is 5.32 Å². The van der Waals surface area contributed by atoms with Crippen molar-refractivity contribution in [3.05, 3.63) is 24.3 Å². The fraction of sp³-hybridized carbons (Fsp3) is 0.417. The molecule has 5 nitrogen and oxygen atoms in total. The number of rotatable bonds is 6. The van der Waals surface area contributed by atoms with Crippen LogP contribution in [-0.4, -0.2) is 31.0 Å². The van der Waals surface area contributed by atoms with Crippen molar-refractivity contribution in [1.29, 1.82) is 0 Å². The number of ether oxygens (including phenoxy) is 2. The van der Waals surface area contributed by atoms with E-state index in [1.165, 1.54) is 0 Å². The molecule has 2 N–H and O–H groups in total. The summed E-state index contributed by atoms with van der Waals surface area (Å²) >= 11 is 0. The second-order valence-corrected chi connectivity index (χ2v) is 3.36. The van der Waals surface area contributed by atoms with Crippen molar-refractivity contribution in [2.24, 2.45) is 0 Å². The standard InChI is InChI=1S/C12H17NO4/c1-2-7-16-11-5-3-4-10(9-11)13-12(15)17-8-6-14/h3-5,9,14H,2,6-8H2,1H3,(H,13,15). The molecule has 0 bridgehead atoms. The number of carbonyl (C=O) groups is 1. The second-order valence-electron chi connectivity index (χ2n) is 3.36. The third-order valence-electron chi connectivity index (χ3n) is 1.88. The average molecular weight is 239 g/mol. The molecule has 0 fully saturated rings. The largest absolute Gasteiger partial charge is 0.494 e. The Morgan fingerprint density at radius 2 is 2.24 bits per heavy atom. The van der Waals surface area contributed by atoms with Crippen LogP contribution in [0.1, 0.15) is 13.3 Å². The number of anilines is 1. The van der Waals surface area contributed by atoms with Crippen LogP contribution in [0.2, 0.25) is 0 Å². The van der Waals surface area contributed by atoms with Crippen molar-refractivity contribution in [3.8, 4) is 5.75 Å². The molecule has 0 saturated carbocycles. The van der Waals surface area contributed by atoms with E-state index in [1.807, 2.05) is 13.0 Å². The Bertz CT molecular complexity index is 354. The van der Waals surface area contributed by atoms with Gasteiger partial charge in [0.15, 0.2) is 0 Å². The van der Waals surface area contributed by atoms with Crippen molar-refractivity contribution in [2.75, 3.05) is 25.1 Å². The molecule has 94 valence electrons. The first kappa shape index (κ1) is 13.3. The van der Waals surface area contributed by atoms with E-state index in [-0.39, 0.29) is 13.2 Å². The maximum absolute atomic E-state index is 11.2. The van der Waals surface area contributed by atoms with Crippen LogP contribution in [0.15, 0.2) is 24.3 Å². The van der Waals surface area contributed by atoms with E-state index in [0.717, 1.165) is 6.42 Å². The second kappa shape index (κ2) is 7.51. The number of aliphatic hydroxyl groups is 1. The molecule has 0 atom stereocenters. The number of amides is 1. The zero-order valence-corrected chi connectivity index (χ0v) is 9.81. The molecule has 0 spiro atoms. The Labute approximate surface area is 100 Å². The molecule has 0 radical (unpaired) electrons. The highest BCUT2D eigenvalue weighted by atomic mass is 16.6.